The first-order valence-electron chi connectivity index (χ1n) is 10.3. The standard InChI is InChI=1S/C23H25NO2S/c1-15-9-11-24-14-23(20(24)12-15)19-8-3-2-4-10-22(19,21(25)26-23)17-13-16-6-5-7-18(17)27-16/h2-4,8,10,13,15,20H,5-7,9,11-12,14H2,1H3/t15-,20+,22+,23-/m1/s1. The average molecular weight is 380 g/mol. The topological polar surface area (TPSA) is 29.5 Å². The molecule has 0 radical (unpaired) electrons. The molecule has 5 heterocycles. The smallest absolute Gasteiger partial charge is 0.325 e. The van der Waals surface area contributed by atoms with Crippen LogP contribution in [-0.4, -0.2) is 35.6 Å². The van der Waals surface area contributed by atoms with E-state index in [1.165, 1.54) is 33.7 Å². The zero-order chi connectivity index (χ0) is 18.2. The number of thiophene rings is 1. The SMILES string of the molecule is C[C@@H]1CCN2C[C@]3(OC(=O)[C@]4(c5cc6sc5CCC6)C=CC=CC=C43)[C@@H]2C1. The summed E-state index contributed by atoms with van der Waals surface area (Å²) in [5, 5.41) is 0. The number of piperidine rings is 1. The first kappa shape index (κ1) is 16.3. The minimum absolute atomic E-state index is 0.0564. The minimum Gasteiger partial charge on any atom is -0.450 e. The lowest BCUT2D eigenvalue weighted by Crippen LogP contribution is -2.72. The maximum absolute atomic E-state index is 13.6. The number of aryl methyl sites for hydroxylation is 2. The Morgan fingerprint density at radius 1 is 1.26 bits per heavy atom. The van der Waals surface area contributed by atoms with Crippen molar-refractivity contribution in [1.29, 1.82) is 0 Å². The lowest BCUT2D eigenvalue weighted by molar-refractivity contribution is -0.182. The van der Waals surface area contributed by atoms with E-state index >= 15 is 0 Å². The summed E-state index contributed by atoms with van der Waals surface area (Å²) in [7, 11) is 0. The van der Waals surface area contributed by atoms with E-state index in [0.29, 0.717) is 12.0 Å². The van der Waals surface area contributed by atoms with Gasteiger partial charge in [-0.05, 0) is 56.2 Å². The molecule has 1 aromatic heterocycles. The number of hydrogen-bond acceptors (Lipinski definition) is 4. The molecule has 0 unspecified atom stereocenters. The Morgan fingerprint density at radius 2 is 2.19 bits per heavy atom. The first-order chi connectivity index (χ1) is 13.1. The molecule has 4 atom stereocenters. The lowest BCUT2D eigenvalue weighted by atomic mass is 9.63. The molecule has 1 aromatic rings. The number of esters is 1. The van der Waals surface area contributed by atoms with Crippen LogP contribution in [0.2, 0.25) is 0 Å². The molecule has 3 fully saturated rings. The third-order valence-corrected chi connectivity index (χ3v) is 8.63. The monoisotopic (exact) mass is 379 g/mol. The number of carbonyl (C=O) groups excluding carboxylic acids is 1. The van der Waals surface area contributed by atoms with E-state index in [4.69, 9.17) is 4.74 Å². The average Bonchev–Trinajstić information content (AvgIpc) is 2.96. The highest BCUT2D eigenvalue weighted by Gasteiger charge is 2.70. The molecule has 6 rings (SSSR count). The Morgan fingerprint density at radius 3 is 3.07 bits per heavy atom. The molecule has 2 bridgehead atoms. The summed E-state index contributed by atoms with van der Waals surface area (Å²) in [5.74, 6) is 0.638. The van der Waals surface area contributed by atoms with E-state index in [0.717, 1.165) is 32.4 Å². The molecule has 1 aliphatic carbocycles. The molecular formula is C23H25NO2S. The molecule has 3 saturated heterocycles. The lowest BCUT2D eigenvalue weighted by Gasteiger charge is -2.58. The second kappa shape index (κ2) is 5.45. The summed E-state index contributed by atoms with van der Waals surface area (Å²) in [5.41, 5.74) is 1.24. The van der Waals surface area contributed by atoms with Gasteiger partial charge in [0.15, 0.2) is 5.60 Å². The predicted octanol–water partition coefficient (Wildman–Crippen LogP) is 3.94. The Balaban J connectivity index is 1.52. The zero-order valence-corrected chi connectivity index (χ0v) is 16.6. The normalized spacial score (nSPS) is 39.4. The molecule has 4 aliphatic heterocycles. The second-order valence-electron chi connectivity index (χ2n) is 8.93. The van der Waals surface area contributed by atoms with Gasteiger partial charge in [-0.3, -0.25) is 9.69 Å². The third-order valence-electron chi connectivity index (χ3n) is 7.37. The maximum Gasteiger partial charge on any atom is 0.325 e. The highest BCUT2D eigenvalue weighted by Crippen LogP contribution is 2.59. The fourth-order valence-electron chi connectivity index (χ4n) is 6.01. The van der Waals surface area contributed by atoms with Crippen molar-refractivity contribution in [2.24, 2.45) is 5.92 Å². The van der Waals surface area contributed by atoms with Crippen LogP contribution in [-0.2, 0) is 27.8 Å². The maximum atomic E-state index is 13.6. The van der Waals surface area contributed by atoms with Crippen molar-refractivity contribution in [2.75, 3.05) is 13.1 Å². The van der Waals surface area contributed by atoms with E-state index in [-0.39, 0.29) is 5.97 Å². The number of fused-ring (bicyclic) bond motifs is 6. The highest BCUT2D eigenvalue weighted by molar-refractivity contribution is 7.12. The summed E-state index contributed by atoms with van der Waals surface area (Å²) >= 11 is 1.90. The van der Waals surface area contributed by atoms with Gasteiger partial charge in [0.1, 0.15) is 5.41 Å². The molecular weight excluding hydrogens is 354 g/mol. The Bertz CT molecular complexity index is 925. The number of nitrogens with zero attached hydrogens (tertiary/aromatic N) is 1. The summed E-state index contributed by atoms with van der Waals surface area (Å²) < 4.78 is 6.36. The van der Waals surface area contributed by atoms with Gasteiger partial charge in [0.25, 0.3) is 0 Å². The summed E-state index contributed by atoms with van der Waals surface area (Å²) in [6.07, 6.45) is 16.3. The van der Waals surface area contributed by atoms with Crippen molar-refractivity contribution in [1.82, 2.24) is 4.90 Å². The van der Waals surface area contributed by atoms with Crippen LogP contribution in [0.5, 0.6) is 0 Å². The number of allylic oxidation sites excluding steroid dienone is 4. The molecule has 27 heavy (non-hydrogen) atoms. The van der Waals surface area contributed by atoms with Gasteiger partial charge in [-0.25, -0.2) is 0 Å². The van der Waals surface area contributed by atoms with Crippen LogP contribution in [0.3, 0.4) is 0 Å². The van der Waals surface area contributed by atoms with Gasteiger partial charge in [0.2, 0.25) is 0 Å². The van der Waals surface area contributed by atoms with Crippen LogP contribution in [0.25, 0.3) is 0 Å². The van der Waals surface area contributed by atoms with Crippen molar-refractivity contribution >= 4 is 17.3 Å². The Hall–Kier alpha value is -1.65. The van der Waals surface area contributed by atoms with Crippen molar-refractivity contribution in [3.8, 4) is 0 Å². The molecule has 0 aromatic carbocycles. The molecule has 5 aliphatic rings. The van der Waals surface area contributed by atoms with Gasteiger partial charge in [0.05, 0.1) is 6.04 Å². The fraction of sp³-hybridized carbons (Fsp3) is 0.522. The Kier molecular flexibility index (Phi) is 3.29. The van der Waals surface area contributed by atoms with Crippen LogP contribution in [0, 0.1) is 5.92 Å². The summed E-state index contributed by atoms with van der Waals surface area (Å²) in [6, 6.07) is 2.64. The largest absolute Gasteiger partial charge is 0.450 e. The number of hydrogen-bond donors (Lipinski definition) is 0. The summed E-state index contributed by atoms with van der Waals surface area (Å²) in [4.78, 5) is 18.9. The highest BCUT2D eigenvalue weighted by atomic mass is 32.1. The fourth-order valence-corrected chi connectivity index (χ4v) is 7.33. The van der Waals surface area contributed by atoms with Gasteiger partial charge in [-0.15, -0.1) is 11.3 Å². The third kappa shape index (κ3) is 1.98. The van der Waals surface area contributed by atoms with Crippen LogP contribution in [0.15, 0.2) is 42.0 Å². The van der Waals surface area contributed by atoms with E-state index in [1.807, 2.05) is 17.4 Å². The second-order valence-corrected chi connectivity index (χ2v) is 10.2. The van der Waals surface area contributed by atoms with Crippen LogP contribution >= 0.6 is 11.3 Å². The van der Waals surface area contributed by atoms with Crippen LogP contribution in [0.4, 0.5) is 0 Å². The molecule has 3 nitrogen and oxygen atoms in total. The van der Waals surface area contributed by atoms with Crippen LogP contribution < -0.4 is 0 Å². The van der Waals surface area contributed by atoms with E-state index in [9.17, 15) is 4.79 Å². The minimum atomic E-state index is -0.718. The van der Waals surface area contributed by atoms with Gasteiger partial charge in [-0.2, -0.15) is 0 Å². The Labute approximate surface area is 164 Å². The molecule has 0 amide bonds. The van der Waals surface area contributed by atoms with Crippen molar-refractivity contribution < 1.29 is 9.53 Å². The molecule has 140 valence electrons. The molecule has 1 spiro atoms. The first-order valence-corrected chi connectivity index (χ1v) is 11.1. The summed E-state index contributed by atoms with van der Waals surface area (Å²) in [6.45, 7) is 4.32. The quantitative estimate of drug-likeness (QED) is 0.693. The van der Waals surface area contributed by atoms with Crippen molar-refractivity contribution in [2.45, 2.75) is 56.1 Å². The van der Waals surface area contributed by atoms with E-state index < -0.39 is 11.0 Å². The van der Waals surface area contributed by atoms with Crippen LogP contribution in [0.1, 0.15) is 41.5 Å². The molecule has 0 N–H and O–H groups in total. The molecule has 4 heteroatoms. The number of rotatable bonds is 1. The van der Waals surface area contributed by atoms with Gasteiger partial charge >= 0.3 is 5.97 Å². The van der Waals surface area contributed by atoms with Crippen molar-refractivity contribution in [3.63, 3.8) is 0 Å². The van der Waals surface area contributed by atoms with E-state index in [2.05, 4.69) is 42.2 Å². The number of ether oxygens (including phenoxy) is 1. The zero-order valence-electron chi connectivity index (χ0n) is 15.7. The number of carbonyl (C=O) groups is 1. The van der Waals surface area contributed by atoms with Gasteiger partial charge < -0.3 is 4.74 Å². The molecule has 0 saturated carbocycles. The predicted molar refractivity (Wildman–Crippen MR) is 107 cm³/mol. The van der Waals surface area contributed by atoms with E-state index in [1.54, 1.807) is 0 Å². The van der Waals surface area contributed by atoms with Gasteiger partial charge in [0, 0.05) is 21.9 Å². The van der Waals surface area contributed by atoms with Crippen molar-refractivity contribution in [3.05, 3.63) is 57.3 Å². The van der Waals surface area contributed by atoms with Gasteiger partial charge in [-0.1, -0.05) is 37.3 Å².